The fraction of sp³-hybridized carbons (Fsp3) is 0.455. The van der Waals surface area contributed by atoms with Crippen molar-refractivity contribution in [2.24, 2.45) is 0 Å². The lowest BCUT2D eigenvalue weighted by Gasteiger charge is -2.01. The number of nitrogens with one attached hydrogen (secondary N) is 1. The van der Waals surface area contributed by atoms with Crippen LogP contribution in [0.15, 0.2) is 10.6 Å². The number of aromatic nitrogens is 4. The van der Waals surface area contributed by atoms with E-state index in [0.29, 0.717) is 18.3 Å². The van der Waals surface area contributed by atoms with E-state index < -0.39 is 0 Å². The van der Waals surface area contributed by atoms with Crippen LogP contribution < -0.4 is 5.32 Å². The maximum Gasteiger partial charge on any atom is 0.259 e. The van der Waals surface area contributed by atoms with E-state index in [2.05, 4.69) is 25.7 Å². The Morgan fingerprint density at radius 1 is 1.35 bits per heavy atom. The molecule has 0 atom stereocenters. The minimum atomic E-state index is 0.505. The summed E-state index contributed by atoms with van der Waals surface area (Å²) < 4.78 is 5.23. The van der Waals surface area contributed by atoms with Crippen LogP contribution in [0.1, 0.15) is 24.1 Å². The molecule has 0 aliphatic heterocycles. The van der Waals surface area contributed by atoms with Crippen LogP contribution in [0.25, 0.3) is 11.5 Å². The fourth-order valence-corrected chi connectivity index (χ4v) is 1.55. The van der Waals surface area contributed by atoms with Crippen molar-refractivity contribution in [3.05, 3.63) is 23.3 Å². The summed E-state index contributed by atoms with van der Waals surface area (Å²) in [5, 5.41) is 15.0. The lowest BCUT2D eigenvalue weighted by Crippen LogP contribution is -2.06. The summed E-state index contributed by atoms with van der Waals surface area (Å²) in [7, 11) is 1.84. The first-order valence-electron chi connectivity index (χ1n) is 5.55. The third-order valence-corrected chi connectivity index (χ3v) is 2.36. The molecular formula is C11H15N5O. The van der Waals surface area contributed by atoms with Crippen molar-refractivity contribution >= 4 is 0 Å². The van der Waals surface area contributed by atoms with E-state index in [1.165, 1.54) is 0 Å². The van der Waals surface area contributed by atoms with Crippen LogP contribution in [0.5, 0.6) is 0 Å². The third kappa shape index (κ3) is 2.47. The summed E-state index contributed by atoms with van der Waals surface area (Å²) >= 11 is 0. The van der Waals surface area contributed by atoms with Crippen molar-refractivity contribution in [2.75, 3.05) is 7.05 Å². The van der Waals surface area contributed by atoms with Crippen LogP contribution in [-0.2, 0) is 13.0 Å². The Kier molecular flexibility index (Phi) is 3.43. The fourth-order valence-electron chi connectivity index (χ4n) is 1.55. The van der Waals surface area contributed by atoms with E-state index in [1.807, 2.05) is 27.0 Å². The van der Waals surface area contributed by atoms with Gasteiger partial charge in [-0.3, -0.25) is 0 Å². The van der Waals surface area contributed by atoms with Crippen molar-refractivity contribution in [3.63, 3.8) is 0 Å². The topological polar surface area (TPSA) is 76.7 Å². The summed E-state index contributed by atoms with van der Waals surface area (Å²) in [6, 6.07) is 1.92. The highest BCUT2D eigenvalue weighted by Gasteiger charge is 2.13. The van der Waals surface area contributed by atoms with E-state index in [4.69, 9.17) is 4.52 Å². The van der Waals surface area contributed by atoms with Gasteiger partial charge in [-0.05, 0) is 26.5 Å². The summed E-state index contributed by atoms with van der Waals surface area (Å²) in [4.78, 5) is 4.31. The van der Waals surface area contributed by atoms with Crippen LogP contribution in [0, 0.1) is 6.92 Å². The largest absolute Gasteiger partial charge is 0.334 e. The normalized spacial score (nSPS) is 10.8. The van der Waals surface area contributed by atoms with Crippen LogP contribution in [0.3, 0.4) is 0 Å². The zero-order valence-corrected chi connectivity index (χ0v) is 10.2. The van der Waals surface area contributed by atoms with Crippen molar-refractivity contribution in [3.8, 4) is 11.5 Å². The van der Waals surface area contributed by atoms with Gasteiger partial charge < -0.3 is 9.84 Å². The quantitative estimate of drug-likeness (QED) is 0.852. The Labute approximate surface area is 99.5 Å². The van der Waals surface area contributed by atoms with Crippen molar-refractivity contribution in [1.82, 2.24) is 25.7 Å². The molecule has 2 aromatic heterocycles. The highest BCUT2D eigenvalue weighted by atomic mass is 16.5. The summed E-state index contributed by atoms with van der Waals surface area (Å²) in [5.74, 6) is 1.14. The first-order valence-corrected chi connectivity index (χ1v) is 5.55. The molecule has 0 amide bonds. The van der Waals surface area contributed by atoms with Crippen LogP contribution in [-0.4, -0.2) is 27.4 Å². The van der Waals surface area contributed by atoms with Gasteiger partial charge in [0.05, 0.1) is 23.5 Å². The van der Waals surface area contributed by atoms with Gasteiger partial charge in [-0.25, -0.2) is 0 Å². The van der Waals surface area contributed by atoms with Gasteiger partial charge in [0.25, 0.3) is 5.89 Å². The maximum atomic E-state index is 5.23. The Bertz CT molecular complexity index is 508. The summed E-state index contributed by atoms with van der Waals surface area (Å²) in [6.07, 6.45) is 0.784. The van der Waals surface area contributed by atoms with Gasteiger partial charge in [0, 0.05) is 0 Å². The van der Waals surface area contributed by atoms with E-state index >= 15 is 0 Å². The molecule has 2 aromatic rings. The Morgan fingerprint density at radius 2 is 2.18 bits per heavy atom. The van der Waals surface area contributed by atoms with Crippen LogP contribution in [0.4, 0.5) is 0 Å². The highest BCUT2D eigenvalue weighted by molar-refractivity contribution is 5.56. The predicted octanol–water partition coefficient (Wildman–Crippen LogP) is 1.12. The summed E-state index contributed by atoms with van der Waals surface area (Å²) in [6.45, 7) is 4.50. The Morgan fingerprint density at radius 3 is 2.88 bits per heavy atom. The molecule has 1 N–H and O–H groups in total. The van der Waals surface area contributed by atoms with E-state index in [0.717, 1.165) is 23.4 Å². The zero-order chi connectivity index (χ0) is 12.3. The second kappa shape index (κ2) is 5.01. The van der Waals surface area contributed by atoms with E-state index in [9.17, 15) is 0 Å². The second-order valence-electron chi connectivity index (χ2n) is 3.75. The lowest BCUT2D eigenvalue weighted by molar-refractivity contribution is 0.420. The SMILES string of the molecule is CCc1nnc(C)cc1-c1nc(CNC)no1. The molecule has 2 heterocycles. The minimum Gasteiger partial charge on any atom is -0.334 e. The Hall–Kier alpha value is -1.82. The van der Waals surface area contributed by atoms with Gasteiger partial charge in [0.1, 0.15) is 0 Å². The second-order valence-corrected chi connectivity index (χ2v) is 3.75. The molecule has 0 bridgehead atoms. The molecule has 6 nitrogen and oxygen atoms in total. The first-order chi connectivity index (χ1) is 8.24. The molecule has 17 heavy (non-hydrogen) atoms. The number of nitrogens with zero attached hydrogens (tertiary/aromatic N) is 4. The first kappa shape index (κ1) is 11.7. The van der Waals surface area contributed by atoms with Gasteiger partial charge in [0.2, 0.25) is 0 Å². The average molecular weight is 233 g/mol. The monoisotopic (exact) mass is 233 g/mol. The molecule has 6 heteroatoms. The molecule has 0 saturated heterocycles. The van der Waals surface area contributed by atoms with Crippen molar-refractivity contribution in [2.45, 2.75) is 26.8 Å². The van der Waals surface area contributed by atoms with Gasteiger partial charge >= 0.3 is 0 Å². The molecule has 2 rings (SSSR count). The predicted molar refractivity (Wildman–Crippen MR) is 62.2 cm³/mol. The molecule has 90 valence electrons. The molecular weight excluding hydrogens is 218 g/mol. The number of hydrogen-bond donors (Lipinski definition) is 1. The molecule has 0 radical (unpaired) electrons. The number of hydrogen-bond acceptors (Lipinski definition) is 6. The van der Waals surface area contributed by atoms with Crippen LogP contribution >= 0.6 is 0 Å². The molecule has 0 saturated carbocycles. The molecule has 0 spiro atoms. The molecule has 0 aliphatic rings. The number of rotatable bonds is 4. The Balaban J connectivity index is 2.40. The minimum absolute atomic E-state index is 0.505. The van der Waals surface area contributed by atoms with Gasteiger partial charge in [-0.2, -0.15) is 15.2 Å². The highest BCUT2D eigenvalue weighted by Crippen LogP contribution is 2.21. The van der Waals surface area contributed by atoms with Gasteiger partial charge in [-0.15, -0.1) is 0 Å². The van der Waals surface area contributed by atoms with Gasteiger partial charge in [0.15, 0.2) is 5.82 Å². The summed E-state index contributed by atoms with van der Waals surface area (Å²) in [5.41, 5.74) is 2.58. The molecule has 0 unspecified atom stereocenters. The number of aryl methyl sites for hydroxylation is 2. The van der Waals surface area contributed by atoms with E-state index in [-0.39, 0.29) is 0 Å². The molecule has 0 fully saturated rings. The molecule has 0 aromatic carbocycles. The zero-order valence-electron chi connectivity index (χ0n) is 10.2. The van der Waals surface area contributed by atoms with Crippen molar-refractivity contribution in [1.29, 1.82) is 0 Å². The maximum absolute atomic E-state index is 5.23. The smallest absolute Gasteiger partial charge is 0.259 e. The third-order valence-electron chi connectivity index (χ3n) is 2.36. The van der Waals surface area contributed by atoms with E-state index in [1.54, 1.807) is 0 Å². The van der Waals surface area contributed by atoms with Crippen molar-refractivity contribution < 1.29 is 4.52 Å². The standard InChI is InChI=1S/C11H15N5O/c1-4-9-8(5-7(2)14-15-9)11-13-10(6-12-3)16-17-11/h5,12H,4,6H2,1-3H3. The average Bonchev–Trinajstić information content (AvgIpc) is 2.78. The lowest BCUT2D eigenvalue weighted by atomic mass is 10.1. The van der Waals surface area contributed by atoms with Gasteiger partial charge in [-0.1, -0.05) is 12.1 Å². The molecule has 0 aliphatic carbocycles. The van der Waals surface area contributed by atoms with Crippen LogP contribution in [0.2, 0.25) is 0 Å².